The summed E-state index contributed by atoms with van der Waals surface area (Å²) in [6, 6.07) is 17.7. The zero-order valence-electron chi connectivity index (χ0n) is 13.5. The van der Waals surface area contributed by atoms with E-state index in [0.717, 1.165) is 37.7 Å². The maximum absolute atomic E-state index is 11.8. The van der Waals surface area contributed by atoms with Crippen LogP contribution in [0.25, 0.3) is 0 Å². The van der Waals surface area contributed by atoms with Gasteiger partial charge in [-0.3, -0.25) is 0 Å². The lowest BCUT2D eigenvalue weighted by Crippen LogP contribution is -2.18. The molecule has 0 aliphatic carbocycles. The molecule has 2 aromatic rings. The minimum atomic E-state index is -3.35. The number of unbranched alkanes of at least 4 members (excludes halogenated alkanes) is 3. The van der Waals surface area contributed by atoms with Gasteiger partial charge < -0.3 is 0 Å². The van der Waals surface area contributed by atoms with Crippen molar-refractivity contribution in [2.24, 2.45) is 0 Å². The molecule has 23 heavy (non-hydrogen) atoms. The Kier molecular flexibility index (Phi) is 6.81. The van der Waals surface area contributed by atoms with Gasteiger partial charge in [0.1, 0.15) is 0 Å². The molecule has 0 saturated heterocycles. The molecule has 1 N–H and O–H groups in total. The molecule has 2 rings (SSSR count). The van der Waals surface area contributed by atoms with Gasteiger partial charge in [-0.2, -0.15) is 0 Å². The molecule has 0 atom stereocenters. The monoisotopic (exact) mass is 330 g/mol. The van der Waals surface area contributed by atoms with Gasteiger partial charge in [0.25, 0.3) is 0 Å². The van der Waals surface area contributed by atoms with E-state index in [4.69, 9.17) is 0 Å². The van der Waals surface area contributed by atoms with E-state index in [-0.39, 0.29) is 0 Å². The number of sulfonamides is 1. The molecule has 0 heterocycles. The Morgan fingerprint density at radius 1 is 0.913 bits per heavy atom. The molecule has 0 bridgehead atoms. The molecular weight excluding hydrogens is 306 g/mol. The summed E-state index contributed by atoms with van der Waals surface area (Å²) in [5.74, 6) is 0. The quantitative estimate of drug-likeness (QED) is 0.712. The highest BCUT2D eigenvalue weighted by atomic mass is 32.2. The fraction of sp³-hybridized carbons (Fsp3) is 0.316. The highest BCUT2D eigenvalue weighted by molar-refractivity contribution is 7.89. The third-order valence-corrected chi connectivity index (χ3v) is 5.24. The number of nitrogens with one attached hydrogen (secondary N) is 1. The maximum Gasteiger partial charge on any atom is 0.240 e. The second-order valence-corrected chi connectivity index (χ2v) is 7.45. The second kappa shape index (κ2) is 8.85. The summed E-state index contributed by atoms with van der Waals surface area (Å²) in [7, 11) is -1.91. The topological polar surface area (TPSA) is 46.2 Å². The van der Waals surface area contributed by atoms with Crippen LogP contribution in [0.1, 0.15) is 30.4 Å². The average Bonchev–Trinajstić information content (AvgIpc) is 2.59. The number of hydrogen-bond donors (Lipinski definition) is 1. The summed E-state index contributed by atoms with van der Waals surface area (Å²) in [5.41, 5.74) is 2.44. The van der Waals surface area contributed by atoms with Crippen LogP contribution in [0.2, 0.25) is 0 Å². The molecule has 0 aliphatic heterocycles. The van der Waals surface area contributed by atoms with Crippen molar-refractivity contribution in [2.45, 2.75) is 37.0 Å². The van der Waals surface area contributed by atoms with Crippen LogP contribution in [-0.2, 0) is 22.9 Å². The number of rotatable bonds is 9. The van der Waals surface area contributed by atoms with Gasteiger partial charge in [-0.1, -0.05) is 42.5 Å². The summed E-state index contributed by atoms with van der Waals surface area (Å²) in [5, 5.41) is 0. The van der Waals surface area contributed by atoms with Gasteiger partial charge in [-0.15, -0.1) is 0 Å². The smallest absolute Gasteiger partial charge is 0.214 e. The van der Waals surface area contributed by atoms with Crippen molar-refractivity contribution < 1.29 is 8.42 Å². The minimum Gasteiger partial charge on any atom is -0.214 e. The minimum absolute atomic E-state index is 0.338. The molecule has 1 radical (unpaired) electrons. The van der Waals surface area contributed by atoms with Gasteiger partial charge in [-0.05, 0) is 68.8 Å². The lowest BCUT2D eigenvalue weighted by Gasteiger charge is -2.06. The molecule has 3 nitrogen and oxygen atoms in total. The Hall–Kier alpha value is -1.65. The van der Waals surface area contributed by atoms with Crippen LogP contribution in [0, 0.1) is 6.42 Å². The first-order chi connectivity index (χ1) is 11.1. The molecule has 0 unspecified atom stereocenters. The normalized spacial score (nSPS) is 11.5. The van der Waals surface area contributed by atoms with Gasteiger partial charge in [0.2, 0.25) is 10.0 Å². The molecule has 0 aliphatic rings. The number of aryl methyl sites for hydroxylation is 2. The Balaban J connectivity index is 1.71. The first-order valence-electron chi connectivity index (χ1n) is 8.00. The van der Waals surface area contributed by atoms with Crippen LogP contribution in [-0.4, -0.2) is 15.5 Å². The summed E-state index contributed by atoms with van der Waals surface area (Å²) in [4.78, 5) is 0.338. The summed E-state index contributed by atoms with van der Waals surface area (Å²) in [6.45, 7) is 0. The van der Waals surface area contributed by atoms with Gasteiger partial charge in [0, 0.05) is 0 Å². The van der Waals surface area contributed by atoms with E-state index in [0.29, 0.717) is 4.90 Å². The third kappa shape index (κ3) is 5.81. The third-order valence-electron chi connectivity index (χ3n) is 3.83. The maximum atomic E-state index is 11.8. The molecular formula is C19H24NO2S. The van der Waals surface area contributed by atoms with Crippen molar-refractivity contribution >= 4 is 10.0 Å². The molecule has 123 valence electrons. The average molecular weight is 330 g/mol. The van der Waals surface area contributed by atoms with E-state index >= 15 is 0 Å². The molecule has 2 aromatic carbocycles. The fourth-order valence-electron chi connectivity index (χ4n) is 2.49. The molecule has 0 spiro atoms. The Morgan fingerprint density at radius 3 is 2.39 bits per heavy atom. The summed E-state index contributed by atoms with van der Waals surface area (Å²) >= 11 is 0. The Labute approximate surface area is 139 Å². The highest BCUT2D eigenvalue weighted by Crippen LogP contribution is 2.14. The Morgan fingerprint density at radius 2 is 1.65 bits per heavy atom. The molecule has 0 amide bonds. The van der Waals surface area contributed by atoms with Crippen LogP contribution in [0.3, 0.4) is 0 Å². The van der Waals surface area contributed by atoms with Crippen LogP contribution >= 0.6 is 0 Å². The van der Waals surface area contributed by atoms with E-state index in [1.54, 1.807) is 18.2 Å². The van der Waals surface area contributed by atoms with Crippen molar-refractivity contribution in [1.29, 1.82) is 0 Å². The van der Waals surface area contributed by atoms with E-state index in [1.807, 2.05) is 12.1 Å². The van der Waals surface area contributed by atoms with Crippen molar-refractivity contribution in [3.8, 4) is 0 Å². The van der Waals surface area contributed by atoms with E-state index in [2.05, 4.69) is 35.4 Å². The van der Waals surface area contributed by atoms with Crippen molar-refractivity contribution in [3.05, 3.63) is 72.1 Å². The largest absolute Gasteiger partial charge is 0.240 e. The van der Waals surface area contributed by atoms with Crippen LogP contribution in [0.15, 0.2) is 59.5 Å². The SMILES string of the molecule is CNS(=O)(=O)c1cccc(CCC[CH]CCc2ccccc2)c1. The lowest BCUT2D eigenvalue weighted by atomic mass is 10.0. The van der Waals surface area contributed by atoms with E-state index in [1.165, 1.54) is 12.6 Å². The second-order valence-electron chi connectivity index (χ2n) is 5.56. The highest BCUT2D eigenvalue weighted by Gasteiger charge is 2.10. The molecule has 0 aromatic heterocycles. The van der Waals surface area contributed by atoms with Crippen LogP contribution < -0.4 is 4.72 Å². The standard InChI is InChI=1S/C19H24NO2S/c1-20-23(21,22)19-15-9-14-18(16-19)13-6-3-2-5-10-17-11-7-4-8-12-17/h2,4,7-9,11-12,14-16,20H,3,5-6,10,13H2,1H3. The first kappa shape index (κ1) is 17.7. The molecule has 0 fully saturated rings. The van der Waals surface area contributed by atoms with Crippen LogP contribution in [0.5, 0.6) is 0 Å². The predicted octanol–water partition coefficient (Wildman–Crippen LogP) is 3.75. The van der Waals surface area contributed by atoms with Gasteiger partial charge >= 0.3 is 0 Å². The van der Waals surface area contributed by atoms with Gasteiger partial charge in [0.15, 0.2) is 0 Å². The predicted molar refractivity (Wildman–Crippen MR) is 94.7 cm³/mol. The van der Waals surface area contributed by atoms with Crippen molar-refractivity contribution in [3.63, 3.8) is 0 Å². The first-order valence-corrected chi connectivity index (χ1v) is 9.48. The van der Waals surface area contributed by atoms with Gasteiger partial charge in [-0.25, -0.2) is 13.1 Å². The fourth-order valence-corrected chi connectivity index (χ4v) is 3.29. The lowest BCUT2D eigenvalue weighted by molar-refractivity contribution is 0.588. The zero-order chi connectivity index (χ0) is 16.5. The number of benzene rings is 2. The van der Waals surface area contributed by atoms with Crippen molar-refractivity contribution in [2.75, 3.05) is 7.05 Å². The zero-order valence-corrected chi connectivity index (χ0v) is 14.4. The Bertz CT molecular complexity index is 696. The van der Waals surface area contributed by atoms with Crippen LogP contribution in [0.4, 0.5) is 0 Å². The summed E-state index contributed by atoms with van der Waals surface area (Å²) < 4.78 is 25.9. The number of hydrogen-bond acceptors (Lipinski definition) is 2. The summed E-state index contributed by atoms with van der Waals surface area (Å²) in [6.07, 6.45) is 7.47. The van der Waals surface area contributed by atoms with E-state index in [9.17, 15) is 8.42 Å². The van der Waals surface area contributed by atoms with E-state index < -0.39 is 10.0 Å². The molecule has 0 saturated carbocycles. The molecule has 4 heteroatoms. The van der Waals surface area contributed by atoms with Gasteiger partial charge in [0.05, 0.1) is 4.90 Å². The van der Waals surface area contributed by atoms with Crippen molar-refractivity contribution in [1.82, 2.24) is 4.72 Å².